The van der Waals surface area contributed by atoms with Crippen LogP contribution in [0.5, 0.6) is 0 Å². The quantitative estimate of drug-likeness (QED) is 0.200. The van der Waals surface area contributed by atoms with Crippen LogP contribution in [0.25, 0.3) is 0 Å². The molecule has 1 aliphatic rings. The highest BCUT2D eigenvalue weighted by Gasteiger charge is 2.24. The summed E-state index contributed by atoms with van der Waals surface area (Å²) in [4.78, 5) is 15.1. The van der Waals surface area contributed by atoms with Crippen LogP contribution in [0.4, 0.5) is 17.1 Å². The third-order valence-corrected chi connectivity index (χ3v) is 10.2. The molecule has 0 spiro atoms. The Kier molecular flexibility index (Phi) is 8.81. The van der Waals surface area contributed by atoms with E-state index in [2.05, 4.69) is 14.8 Å². The van der Waals surface area contributed by atoms with Gasteiger partial charge in [0.1, 0.15) is 10.7 Å². The predicted molar refractivity (Wildman–Crippen MR) is 162 cm³/mol. The van der Waals surface area contributed by atoms with Gasteiger partial charge in [-0.15, -0.1) is 0 Å². The summed E-state index contributed by atoms with van der Waals surface area (Å²) in [6.45, 7) is 1.36. The molecule has 0 unspecified atom stereocenters. The topological polar surface area (TPSA) is 138 Å². The van der Waals surface area contributed by atoms with Gasteiger partial charge < -0.3 is 14.6 Å². The molecule has 1 aliphatic heterocycles. The average Bonchev–Trinajstić information content (AvgIpc) is 3.68. The number of nitrogens with zero attached hydrogens (tertiary/aromatic N) is 1. The molecule has 0 bridgehead atoms. The molecule has 0 saturated carbocycles. The average molecular weight is 650 g/mol. The van der Waals surface area contributed by atoms with E-state index in [1.54, 1.807) is 36.4 Å². The second-order valence-corrected chi connectivity index (χ2v) is 13.7. The summed E-state index contributed by atoms with van der Waals surface area (Å²) in [5, 5.41) is 2.93. The number of anilines is 3. The van der Waals surface area contributed by atoms with Crippen molar-refractivity contribution in [3.05, 3.63) is 100 Å². The lowest BCUT2D eigenvalue weighted by Crippen LogP contribution is -2.24. The van der Waals surface area contributed by atoms with Crippen LogP contribution < -0.4 is 19.7 Å². The van der Waals surface area contributed by atoms with Crippen molar-refractivity contribution in [3.63, 3.8) is 0 Å². The van der Waals surface area contributed by atoms with Crippen molar-refractivity contribution in [1.29, 1.82) is 0 Å². The maximum atomic E-state index is 13.4. The van der Waals surface area contributed by atoms with Crippen LogP contribution in [-0.4, -0.2) is 35.8 Å². The van der Waals surface area contributed by atoms with Crippen LogP contribution in [0.2, 0.25) is 10.0 Å². The van der Waals surface area contributed by atoms with Crippen molar-refractivity contribution in [2.45, 2.75) is 29.2 Å². The number of hydrogen-bond donors (Lipinski definition) is 3. The summed E-state index contributed by atoms with van der Waals surface area (Å²) in [5.74, 6) is -0.250. The van der Waals surface area contributed by atoms with Crippen LogP contribution in [0.15, 0.2) is 93.3 Å². The molecule has 10 nitrogen and oxygen atoms in total. The third kappa shape index (κ3) is 6.74. The number of furan rings is 1. The largest absolute Gasteiger partial charge is 0.468 e. The molecule has 0 atom stereocenters. The zero-order chi connectivity index (χ0) is 29.9. The Morgan fingerprint density at radius 3 is 2.31 bits per heavy atom. The second-order valence-electron chi connectivity index (χ2n) is 9.46. The first kappa shape index (κ1) is 29.9. The van der Waals surface area contributed by atoms with Crippen molar-refractivity contribution in [2.75, 3.05) is 28.0 Å². The fourth-order valence-electron chi connectivity index (χ4n) is 4.47. The maximum absolute atomic E-state index is 13.4. The Morgan fingerprint density at radius 2 is 1.60 bits per heavy atom. The molecule has 4 aromatic rings. The minimum atomic E-state index is -4.11. The molecule has 1 aromatic heterocycles. The zero-order valence-corrected chi connectivity index (χ0v) is 25.2. The first-order chi connectivity index (χ1) is 20.0. The molecule has 2 heterocycles. The van der Waals surface area contributed by atoms with Gasteiger partial charge in [-0.2, -0.15) is 0 Å². The van der Waals surface area contributed by atoms with E-state index in [0.717, 1.165) is 32.0 Å². The van der Waals surface area contributed by atoms with Gasteiger partial charge in [0.2, 0.25) is 10.0 Å². The molecule has 3 aromatic carbocycles. The molecule has 3 N–H and O–H groups in total. The monoisotopic (exact) mass is 648 g/mol. The number of nitrogens with one attached hydrogen (secondary N) is 3. The molecule has 220 valence electrons. The highest BCUT2D eigenvalue weighted by molar-refractivity contribution is 7.92. The van der Waals surface area contributed by atoms with Gasteiger partial charge in [-0.25, -0.2) is 21.6 Å². The summed E-state index contributed by atoms with van der Waals surface area (Å²) in [5.41, 5.74) is 1.11. The van der Waals surface area contributed by atoms with Crippen LogP contribution in [0.1, 0.15) is 29.0 Å². The van der Waals surface area contributed by atoms with Crippen LogP contribution in [0.3, 0.4) is 0 Å². The number of halogens is 2. The molecule has 14 heteroatoms. The molecule has 5 rings (SSSR count). The number of sulfonamides is 2. The van der Waals surface area contributed by atoms with Gasteiger partial charge in [0.05, 0.1) is 44.8 Å². The first-order valence-electron chi connectivity index (χ1n) is 12.8. The lowest BCUT2D eigenvalue weighted by molar-refractivity contribution is 0.102. The van der Waals surface area contributed by atoms with E-state index in [1.165, 1.54) is 36.6 Å². The number of para-hydroxylation sites is 1. The molecule has 1 saturated heterocycles. The van der Waals surface area contributed by atoms with E-state index in [0.29, 0.717) is 11.4 Å². The SMILES string of the molecule is O=C(Nc1cc(S(=O)(=O)Nc2ccccc2Cl)ccc1N1CCCC1)c1ccc(Cl)c(S(=O)(=O)NCc2ccco2)c1. The van der Waals surface area contributed by atoms with Crippen molar-refractivity contribution < 1.29 is 26.0 Å². The minimum absolute atomic E-state index is 0.00704. The smallest absolute Gasteiger partial charge is 0.262 e. The molecular weight excluding hydrogens is 623 g/mol. The number of rotatable bonds is 10. The van der Waals surface area contributed by atoms with E-state index in [9.17, 15) is 21.6 Å². The van der Waals surface area contributed by atoms with Gasteiger partial charge in [-0.05, 0) is 73.5 Å². The van der Waals surface area contributed by atoms with Crippen LogP contribution in [-0.2, 0) is 26.6 Å². The van der Waals surface area contributed by atoms with E-state index in [4.69, 9.17) is 27.6 Å². The van der Waals surface area contributed by atoms with Crippen molar-refractivity contribution in [1.82, 2.24) is 4.72 Å². The lowest BCUT2D eigenvalue weighted by Gasteiger charge is -2.22. The fraction of sp³-hybridized carbons (Fsp3) is 0.179. The number of benzene rings is 3. The second kappa shape index (κ2) is 12.4. The molecular formula is C28H26Cl2N4O6S2. The lowest BCUT2D eigenvalue weighted by atomic mass is 10.2. The van der Waals surface area contributed by atoms with Crippen molar-refractivity contribution in [2.24, 2.45) is 0 Å². The van der Waals surface area contributed by atoms with Gasteiger partial charge in [0, 0.05) is 18.7 Å². The van der Waals surface area contributed by atoms with Gasteiger partial charge >= 0.3 is 0 Å². The standard InChI is InChI=1S/C28H26Cl2N4O6S2/c29-22-7-1-2-8-24(22)33-41(36,37)21-10-12-26(34-13-3-4-14-34)25(17-21)32-28(35)19-9-11-23(30)27(16-19)42(38,39)31-18-20-6-5-15-40-20/h1-2,5-12,15-17,31,33H,3-4,13-14,18H2,(H,32,35). The summed E-state index contributed by atoms with van der Waals surface area (Å²) < 4.78 is 62.5. The van der Waals surface area contributed by atoms with Gasteiger partial charge in [0.15, 0.2) is 0 Å². The Balaban J connectivity index is 1.44. The van der Waals surface area contributed by atoms with Gasteiger partial charge in [-0.3, -0.25) is 9.52 Å². The number of carbonyl (C=O) groups is 1. The molecule has 0 aliphatic carbocycles. The Morgan fingerprint density at radius 1 is 0.833 bits per heavy atom. The Bertz CT molecular complexity index is 1820. The van der Waals surface area contributed by atoms with E-state index in [1.807, 2.05) is 4.90 Å². The summed E-state index contributed by atoms with van der Waals surface area (Å²) in [7, 11) is -8.18. The highest BCUT2D eigenvalue weighted by Crippen LogP contribution is 2.33. The molecule has 0 radical (unpaired) electrons. The predicted octanol–water partition coefficient (Wildman–Crippen LogP) is 5.72. The Labute approximate surface area is 253 Å². The van der Waals surface area contributed by atoms with Gasteiger partial charge in [0.25, 0.3) is 15.9 Å². The maximum Gasteiger partial charge on any atom is 0.262 e. The molecule has 1 amide bonds. The number of carbonyl (C=O) groups excluding carboxylic acids is 1. The molecule has 1 fully saturated rings. The van der Waals surface area contributed by atoms with E-state index < -0.39 is 26.0 Å². The fourth-order valence-corrected chi connectivity index (χ4v) is 7.33. The summed E-state index contributed by atoms with van der Waals surface area (Å²) in [6.07, 6.45) is 3.32. The first-order valence-corrected chi connectivity index (χ1v) is 16.5. The van der Waals surface area contributed by atoms with Crippen molar-refractivity contribution >= 4 is 66.2 Å². The van der Waals surface area contributed by atoms with E-state index in [-0.39, 0.29) is 43.3 Å². The van der Waals surface area contributed by atoms with Crippen molar-refractivity contribution in [3.8, 4) is 0 Å². The number of hydrogen-bond acceptors (Lipinski definition) is 7. The molecule has 42 heavy (non-hydrogen) atoms. The minimum Gasteiger partial charge on any atom is -0.468 e. The van der Waals surface area contributed by atoms with Crippen LogP contribution in [0, 0.1) is 0 Å². The zero-order valence-electron chi connectivity index (χ0n) is 22.0. The summed E-state index contributed by atoms with van der Waals surface area (Å²) in [6, 6.07) is 18.0. The Hall–Kier alpha value is -3.55. The van der Waals surface area contributed by atoms with E-state index >= 15 is 0 Å². The normalized spacial score (nSPS) is 13.7. The third-order valence-electron chi connectivity index (χ3n) is 6.59. The van der Waals surface area contributed by atoms with Gasteiger partial charge in [-0.1, -0.05) is 35.3 Å². The van der Waals surface area contributed by atoms with Crippen LogP contribution >= 0.6 is 23.2 Å². The number of amides is 1. The summed E-state index contributed by atoms with van der Waals surface area (Å²) >= 11 is 12.3. The highest BCUT2D eigenvalue weighted by atomic mass is 35.5.